The molecule has 0 saturated carbocycles. The maximum Gasteiger partial charge on any atom is 0.524 e. The van der Waals surface area contributed by atoms with Gasteiger partial charge in [-0.3, -0.25) is 0 Å². The van der Waals surface area contributed by atoms with Gasteiger partial charge in [-0.25, -0.2) is 24.0 Å². The van der Waals surface area contributed by atoms with Gasteiger partial charge in [-0.1, -0.05) is 13.2 Å². The molecule has 0 N–H and O–H groups in total. The average molecular weight is 314 g/mol. The van der Waals surface area contributed by atoms with Crippen LogP contribution in [0.4, 0.5) is 4.79 Å². The molecular weight excluding hydrogens is 300 g/mol. The van der Waals surface area contributed by atoms with Crippen molar-refractivity contribution in [3.05, 3.63) is 24.3 Å². The van der Waals surface area contributed by atoms with Crippen molar-refractivity contribution in [1.82, 2.24) is 0 Å². The van der Waals surface area contributed by atoms with Gasteiger partial charge in [0.25, 0.3) is 0 Å². The van der Waals surface area contributed by atoms with Gasteiger partial charge in [0, 0.05) is 11.1 Å². The molecule has 0 aliphatic carbocycles. The molecule has 9 nitrogen and oxygen atoms in total. The third kappa shape index (κ3) is 8.25. The zero-order chi connectivity index (χ0) is 17.3. The normalized spacial score (nSPS) is 9.18. The van der Waals surface area contributed by atoms with E-state index < -0.39 is 43.2 Å². The Bertz CT molecular complexity index is 484. The second kappa shape index (κ2) is 9.06. The van der Waals surface area contributed by atoms with Crippen molar-refractivity contribution in [2.45, 2.75) is 13.8 Å². The molecule has 0 spiro atoms. The van der Waals surface area contributed by atoms with Crippen LogP contribution >= 0.6 is 0 Å². The lowest BCUT2D eigenvalue weighted by atomic mass is 10.4. The lowest BCUT2D eigenvalue weighted by Gasteiger charge is -2.05. The van der Waals surface area contributed by atoms with Crippen LogP contribution in [-0.4, -0.2) is 43.2 Å². The number of hydrogen-bond donors (Lipinski definition) is 0. The van der Waals surface area contributed by atoms with Gasteiger partial charge in [-0.05, 0) is 13.8 Å². The maximum absolute atomic E-state index is 11.1. The molecule has 0 aromatic heterocycles. The number of carbonyl (C=O) groups is 5. The van der Waals surface area contributed by atoms with Crippen LogP contribution in [0.15, 0.2) is 24.3 Å². The number of rotatable bonds is 6. The van der Waals surface area contributed by atoms with Crippen LogP contribution in [0.2, 0.25) is 0 Å². The molecule has 0 amide bonds. The predicted molar refractivity (Wildman–Crippen MR) is 69.1 cm³/mol. The third-order valence-corrected chi connectivity index (χ3v) is 1.73. The summed E-state index contributed by atoms with van der Waals surface area (Å²) in [5.41, 5.74) is 0.0924. The van der Waals surface area contributed by atoms with Gasteiger partial charge in [0.2, 0.25) is 0 Å². The summed E-state index contributed by atoms with van der Waals surface area (Å²) >= 11 is 0. The fourth-order valence-electron chi connectivity index (χ4n) is 0.761. The summed E-state index contributed by atoms with van der Waals surface area (Å²) in [5, 5.41) is 0. The van der Waals surface area contributed by atoms with E-state index in [1.165, 1.54) is 13.8 Å². The molecule has 0 fully saturated rings. The molecule has 0 bridgehead atoms. The Labute approximate surface area is 125 Å². The number of hydrogen-bond acceptors (Lipinski definition) is 9. The average Bonchev–Trinajstić information content (AvgIpc) is 2.41. The Morgan fingerprint density at radius 1 is 0.727 bits per heavy atom. The summed E-state index contributed by atoms with van der Waals surface area (Å²) in [4.78, 5) is 55.1. The standard InChI is InChI=1S/C13H14O9/c1-7(2)11(16)19-5-9(14)21-13(18)22-10(15)6-20-12(17)8(3)4/h1,3,5-6H2,2,4H3. The maximum atomic E-state index is 11.1. The molecular formula is C13H14O9. The molecule has 0 radical (unpaired) electrons. The van der Waals surface area contributed by atoms with Crippen LogP contribution in [0, 0.1) is 0 Å². The predicted octanol–water partition coefficient (Wildman–Crippen LogP) is 0.431. The highest BCUT2D eigenvalue weighted by Crippen LogP contribution is 1.96. The minimum atomic E-state index is -1.65. The highest BCUT2D eigenvalue weighted by Gasteiger charge is 2.19. The Balaban J connectivity index is 4.07. The van der Waals surface area contributed by atoms with Gasteiger partial charge in [0.1, 0.15) is 0 Å². The quantitative estimate of drug-likeness (QED) is 0.297. The number of esters is 4. The van der Waals surface area contributed by atoms with Crippen molar-refractivity contribution in [2.75, 3.05) is 13.2 Å². The minimum Gasteiger partial charge on any atom is -0.450 e. The zero-order valence-electron chi connectivity index (χ0n) is 12.0. The topological polar surface area (TPSA) is 122 Å². The van der Waals surface area contributed by atoms with Crippen molar-refractivity contribution in [2.24, 2.45) is 0 Å². The molecule has 0 aliphatic heterocycles. The third-order valence-electron chi connectivity index (χ3n) is 1.73. The lowest BCUT2D eigenvalue weighted by molar-refractivity contribution is -0.159. The first kappa shape index (κ1) is 19.0. The second-order valence-corrected chi connectivity index (χ2v) is 3.91. The van der Waals surface area contributed by atoms with E-state index >= 15 is 0 Å². The van der Waals surface area contributed by atoms with Gasteiger partial charge >= 0.3 is 30.0 Å². The van der Waals surface area contributed by atoms with Crippen LogP contribution in [0.3, 0.4) is 0 Å². The highest BCUT2D eigenvalue weighted by atomic mass is 16.8. The summed E-state index contributed by atoms with van der Waals surface area (Å²) in [7, 11) is 0. The Hall–Kier alpha value is -2.97. The number of carbonyl (C=O) groups excluding carboxylic acids is 5. The van der Waals surface area contributed by atoms with E-state index in [0.29, 0.717) is 0 Å². The first-order valence-electron chi connectivity index (χ1n) is 5.74. The smallest absolute Gasteiger partial charge is 0.450 e. The van der Waals surface area contributed by atoms with E-state index in [-0.39, 0.29) is 11.1 Å². The highest BCUT2D eigenvalue weighted by molar-refractivity contribution is 5.93. The summed E-state index contributed by atoms with van der Waals surface area (Å²) in [6, 6.07) is 0. The molecule has 0 aromatic carbocycles. The molecule has 120 valence electrons. The van der Waals surface area contributed by atoms with Crippen LogP contribution < -0.4 is 0 Å². The molecule has 0 aromatic rings. The fourth-order valence-corrected chi connectivity index (χ4v) is 0.761. The molecule has 0 rings (SSSR count). The van der Waals surface area contributed by atoms with E-state index in [2.05, 4.69) is 32.1 Å². The van der Waals surface area contributed by atoms with Crippen molar-refractivity contribution in [1.29, 1.82) is 0 Å². The van der Waals surface area contributed by atoms with E-state index in [9.17, 15) is 24.0 Å². The van der Waals surface area contributed by atoms with E-state index in [1.54, 1.807) is 0 Å². The van der Waals surface area contributed by atoms with E-state index in [0.717, 1.165) is 0 Å². The first-order valence-corrected chi connectivity index (χ1v) is 5.74. The molecule has 9 heteroatoms. The van der Waals surface area contributed by atoms with Gasteiger partial charge in [0.05, 0.1) is 0 Å². The van der Waals surface area contributed by atoms with Gasteiger partial charge < -0.3 is 18.9 Å². The summed E-state index contributed by atoms with van der Waals surface area (Å²) in [6.45, 7) is 7.52. The Morgan fingerprint density at radius 2 is 1.05 bits per heavy atom. The van der Waals surface area contributed by atoms with Crippen LogP contribution in [0.1, 0.15) is 13.8 Å². The van der Waals surface area contributed by atoms with Gasteiger partial charge in [0.15, 0.2) is 13.2 Å². The fraction of sp³-hybridized carbons (Fsp3) is 0.308. The van der Waals surface area contributed by atoms with Crippen molar-refractivity contribution in [3.8, 4) is 0 Å². The summed E-state index contributed by atoms with van der Waals surface area (Å²) in [5.74, 6) is -4.22. The zero-order valence-corrected chi connectivity index (χ0v) is 12.0. The van der Waals surface area contributed by atoms with Crippen molar-refractivity contribution < 1.29 is 42.9 Å². The largest absolute Gasteiger partial charge is 0.524 e. The van der Waals surface area contributed by atoms with E-state index in [1.807, 2.05) is 0 Å². The lowest BCUT2D eigenvalue weighted by Crippen LogP contribution is -2.24. The van der Waals surface area contributed by atoms with Crippen molar-refractivity contribution >= 4 is 30.0 Å². The van der Waals surface area contributed by atoms with Crippen LogP contribution in [-0.2, 0) is 38.1 Å². The molecule has 0 heterocycles. The Morgan fingerprint density at radius 3 is 1.32 bits per heavy atom. The molecule has 0 aliphatic rings. The Kier molecular flexibility index (Phi) is 7.83. The van der Waals surface area contributed by atoms with Gasteiger partial charge in [-0.15, -0.1) is 0 Å². The first-order chi connectivity index (χ1) is 10.1. The molecule has 0 atom stereocenters. The SMILES string of the molecule is C=C(C)C(=O)OCC(=O)OC(=O)OC(=O)COC(=O)C(=C)C. The van der Waals surface area contributed by atoms with Crippen LogP contribution in [0.25, 0.3) is 0 Å². The van der Waals surface area contributed by atoms with Crippen LogP contribution in [0.5, 0.6) is 0 Å². The molecule has 0 saturated heterocycles. The van der Waals surface area contributed by atoms with Crippen molar-refractivity contribution in [3.63, 3.8) is 0 Å². The monoisotopic (exact) mass is 314 g/mol. The minimum absolute atomic E-state index is 0.0462. The molecule has 0 unspecified atom stereocenters. The summed E-state index contributed by atoms with van der Waals surface area (Å²) < 4.78 is 16.8. The second-order valence-electron chi connectivity index (χ2n) is 3.91. The number of ether oxygens (including phenoxy) is 4. The van der Waals surface area contributed by atoms with Gasteiger partial charge in [-0.2, -0.15) is 0 Å². The van der Waals surface area contributed by atoms with E-state index in [4.69, 9.17) is 0 Å². The molecule has 22 heavy (non-hydrogen) atoms. The summed E-state index contributed by atoms with van der Waals surface area (Å²) in [6.07, 6.45) is -1.65.